The zero-order valence-electron chi connectivity index (χ0n) is 10.3. The smallest absolute Gasteiger partial charge is 0.256 e. The minimum atomic E-state index is -0.391. The highest BCUT2D eigenvalue weighted by molar-refractivity contribution is 9.11. The first kappa shape index (κ1) is 15.1. The lowest BCUT2D eigenvalue weighted by Crippen LogP contribution is -2.14. The second kappa shape index (κ2) is 6.92. The third-order valence-electron chi connectivity index (χ3n) is 2.33. The molecule has 0 aliphatic heterocycles. The van der Waals surface area contributed by atoms with Crippen molar-refractivity contribution in [2.45, 2.75) is 4.90 Å². The molecular formula is C13H11BrN2O2S2. The van der Waals surface area contributed by atoms with E-state index in [0.29, 0.717) is 11.3 Å². The lowest BCUT2D eigenvalue weighted by molar-refractivity contribution is -0.115. The molecule has 20 heavy (non-hydrogen) atoms. The highest BCUT2D eigenvalue weighted by atomic mass is 79.9. The number of carbonyl (C=O) groups is 2. The zero-order chi connectivity index (χ0) is 14.5. The van der Waals surface area contributed by atoms with Gasteiger partial charge >= 0.3 is 0 Å². The molecule has 1 heterocycles. The monoisotopic (exact) mass is 370 g/mol. The summed E-state index contributed by atoms with van der Waals surface area (Å²) in [5, 5.41) is 4.61. The largest absolute Gasteiger partial charge is 0.369 e. The molecule has 2 amide bonds. The molecule has 0 spiro atoms. The summed E-state index contributed by atoms with van der Waals surface area (Å²) in [5.74, 6) is -0.395. The van der Waals surface area contributed by atoms with E-state index in [1.807, 2.05) is 18.2 Å². The van der Waals surface area contributed by atoms with Crippen LogP contribution < -0.4 is 11.1 Å². The maximum atomic E-state index is 12.1. The molecule has 2 aromatic rings. The van der Waals surface area contributed by atoms with Crippen molar-refractivity contribution in [2.24, 2.45) is 5.73 Å². The van der Waals surface area contributed by atoms with Crippen molar-refractivity contribution in [3.63, 3.8) is 0 Å². The van der Waals surface area contributed by atoms with Crippen molar-refractivity contribution >= 4 is 56.5 Å². The summed E-state index contributed by atoms with van der Waals surface area (Å²) >= 11 is 6.08. The quantitative estimate of drug-likeness (QED) is 0.792. The van der Waals surface area contributed by atoms with Gasteiger partial charge < -0.3 is 11.1 Å². The molecule has 0 fully saturated rings. The molecule has 3 N–H and O–H groups in total. The Bertz CT molecular complexity index is 643. The summed E-state index contributed by atoms with van der Waals surface area (Å²) in [6, 6.07) is 9.07. The van der Waals surface area contributed by atoms with E-state index < -0.39 is 5.91 Å². The number of amides is 2. The van der Waals surface area contributed by atoms with Gasteiger partial charge in [-0.05, 0) is 34.1 Å². The maximum Gasteiger partial charge on any atom is 0.256 e. The number of nitrogens with two attached hydrogens (primary N) is 1. The Kier molecular flexibility index (Phi) is 5.22. The molecular weight excluding hydrogens is 360 g/mol. The fraction of sp³-hybridized carbons (Fsp3) is 0.0769. The second-order valence-electron chi connectivity index (χ2n) is 3.84. The lowest BCUT2D eigenvalue weighted by atomic mass is 10.3. The number of hydrogen-bond acceptors (Lipinski definition) is 4. The lowest BCUT2D eigenvalue weighted by Gasteiger charge is -2.09. The van der Waals surface area contributed by atoms with E-state index >= 15 is 0 Å². The van der Waals surface area contributed by atoms with Crippen LogP contribution in [-0.4, -0.2) is 17.6 Å². The van der Waals surface area contributed by atoms with Gasteiger partial charge in [-0.15, -0.1) is 23.1 Å². The average molecular weight is 371 g/mol. The summed E-state index contributed by atoms with van der Waals surface area (Å²) in [4.78, 5) is 23.7. The molecule has 0 aliphatic carbocycles. The van der Waals surface area contributed by atoms with Crippen LogP contribution in [0, 0.1) is 0 Å². The van der Waals surface area contributed by atoms with Crippen LogP contribution in [0.4, 0.5) is 5.69 Å². The Labute approximate surface area is 132 Å². The number of carbonyl (C=O) groups excluding carboxylic acids is 2. The van der Waals surface area contributed by atoms with Crippen molar-refractivity contribution in [1.29, 1.82) is 0 Å². The topological polar surface area (TPSA) is 72.2 Å². The highest BCUT2D eigenvalue weighted by Gasteiger charge is 2.11. The normalized spacial score (nSPS) is 10.2. The van der Waals surface area contributed by atoms with E-state index in [0.717, 1.165) is 8.68 Å². The van der Waals surface area contributed by atoms with Gasteiger partial charge in [0.25, 0.3) is 5.91 Å². The van der Waals surface area contributed by atoms with Crippen LogP contribution in [0.25, 0.3) is 0 Å². The molecule has 0 bridgehead atoms. The Morgan fingerprint density at radius 3 is 2.75 bits per heavy atom. The number of hydrogen-bond donors (Lipinski definition) is 2. The van der Waals surface area contributed by atoms with Crippen LogP contribution >= 0.6 is 39.0 Å². The van der Waals surface area contributed by atoms with Crippen LogP contribution in [0.2, 0.25) is 0 Å². The molecule has 0 saturated heterocycles. The van der Waals surface area contributed by atoms with Gasteiger partial charge in [-0.1, -0.05) is 12.1 Å². The number of nitrogens with one attached hydrogen (secondary N) is 1. The Hall–Kier alpha value is -1.31. The Balaban J connectivity index is 2.12. The van der Waals surface area contributed by atoms with E-state index in [9.17, 15) is 9.59 Å². The number of rotatable bonds is 5. The molecule has 1 aromatic heterocycles. The van der Waals surface area contributed by atoms with Crippen molar-refractivity contribution in [3.8, 4) is 0 Å². The van der Waals surface area contributed by atoms with Crippen molar-refractivity contribution in [3.05, 3.63) is 45.1 Å². The molecule has 0 radical (unpaired) electrons. The number of halogens is 1. The van der Waals surface area contributed by atoms with E-state index in [2.05, 4.69) is 21.2 Å². The van der Waals surface area contributed by atoms with Gasteiger partial charge in [0.2, 0.25) is 5.91 Å². The van der Waals surface area contributed by atoms with Gasteiger partial charge in [0, 0.05) is 10.3 Å². The Morgan fingerprint density at radius 1 is 1.35 bits per heavy atom. The van der Waals surface area contributed by atoms with E-state index in [-0.39, 0.29) is 11.7 Å². The van der Waals surface area contributed by atoms with Crippen molar-refractivity contribution in [1.82, 2.24) is 0 Å². The Morgan fingerprint density at radius 2 is 2.10 bits per heavy atom. The molecule has 0 atom stereocenters. The van der Waals surface area contributed by atoms with Gasteiger partial charge in [-0.25, -0.2) is 0 Å². The minimum absolute atomic E-state index is 0.177. The van der Waals surface area contributed by atoms with Gasteiger partial charge in [0.1, 0.15) is 0 Å². The fourth-order valence-electron chi connectivity index (χ4n) is 1.47. The average Bonchev–Trinajstić information content (AvgIpc) is 2.84. The molecule has 4 nitrogen and oxygen atoms in total. The van der Waals surface area contributed by atoms with E-state index in [1.165, 1.54) is 23.1 Å². The number of para-hydroxylation sites is 1. The van der Waals surface area contributed by atoms with Crippen molar-refractivity contribution in [2.75, 3.05) is 11.1 Å². The molecule has 7 heteroatoms. The number of thiophene rings is 1. The van der Waals surface area contributed by atoms with Crippen LogP contribution in [0.3, 0.4) is 0 Å². The standard InChI is InChI=1S/C13H11BrN2O2S2/c14-11-5-8(6-20-11)13(18)16-9-3-1-2-4-10(9)19-7-12(15)17/h1-6H,7H2,(H2,15,17)(H,16,18). The molecule has 2 rings (SSSR count). The third kappa shape index (κ3) is 4.09. The third-order valence-corrected chi connectivity index (χ3v) is 4.94. The number of benzene rings is 1. The summed E-state index contributed by atoms with van der Waals surface area (Å²) < 4.78 is 0.902. The predicted molar refractivity (Wildman–Crippen MR) is 86.3 cm³/mol. The molecule has 0 saturated carbocycles. The summed E-state index contributed by atoms with van der Waals surface area (Å²) in [7, 11) is 0. The molecule has 0 aliphatic rings. The zero-order valence-corrected chi connectivity index (χ0v) is 13.5. The van der Waals surface area contributed by atoms with Crippen LogP contribution in [0.15, 0.2) is 44.4 Å². The van der Waals surface area contributed by atoms with Gasteiger partial charge in [0.05, 0.1) is 20.8 Å². The maximum absolute atomic E-state index is 12.1. The number of thioether (sulfide) groups is 1. The first-order valence-corrected chi connectivity index (χ1v) is 8.27. The SMILES string of the molecule is NC(=O)CSc1ccccc1NC(=O)c1csc(Br)c1. The van der Waals surface area contributed by atoms with Crippen LogP contribution in [-0.2, 0) is 4.79 Å². The summed E-state index contributed by atoms with van der Waals surface area (Å²) in [6.07, 6.45) is 0. The minimum Gasteiger partial charge on any atom is -0.369 e. The van der Waals surface area contributed by atoms with Crippen LogP contribution in [0.1, 0.15) is 10.4 Å². The van der Waals surface area contributed by atoms with Crippen LogP contribution in [0.5, 0.6) is 0 Å². The van der Waals surface area contributed by atoms with E-state index in [1.54, 1.807) is 17.5 Å². The van der Waals surface area contributed by atoms with E-state index in [4.69, 9.17) is 5.73 Å². The predicted octanol–water partition coefficient (Wildman–Crippen LogP) is 3.34. The second-order valence-corrected chi connectivity index (χ2v) is 7.15. The summed E-state index contributed by atoms with van der Waals surface area (Å²) in [6.45, 7) is 0. The number of primary amides is 1. The molecule has 104 valence electrons. The van der Waals surface area contributed by atoms with Crippen molar-refractivity contribution < 1.29 is 9.59 Å². The van der Waals surface area contributed by atoms with Gasteiger partial charge in [0.15, 0.2) is 0 Å². The first-order chi connectivity index (χ1) is 9.56. The summed E-state index contributed by atoms with van der Waals surface area (Å²) in [5.41, 5.74) is 6.40. The fourth-order valence-corrected chi connectivity index (χ4v) is 3.35. The number of anilines is 1. The van der Waals surface area contributed by atoms with Gasteiger partial charge in [-0.2, -0.15) is 0 Å². The highest BCUT2D eigenvalue weighted by Crippen LogP contribution is 2.28. The van der Waals surface area contributed by atoms with Gasteiger partial charge in [-0.3, -0.25) is 9.59 Å². The molecule has 1 aromatic carbocycles. The first-order valence-electron chi connectivity index (χ1n) is 5.62. The molecule has 0 unspecified atom stereocenters.